The molecule has 2 aromatic carbocycles. The van der Waals surface area contributed by atoms with Crippen LogP contribution in [0.25, 0.3) is 22.5 Å². The second kappa shape index (κ2) is 12.7. The molecule has 39 heavy (non-hydrogen) atoms. The van der Waals surface area contributed by atoms with E-state index in [1.807, 2.05) is 36.6 Å². The van der Waals surface area contributed by atoms with Gasteiger partial charge in [0.05, 0.1) is 12.9 Å². The third-order valence-electron chi connectivity index (χ3n) is 5.49. The standard InChI is InChI=1S/C27H24F2N4O4S2/c1-4-13-33-23(18-9-11-19(12-10-18)37-26(28)29)31-32-27(33)39-15-21(34)30-24-22(25(35)36-3)20(14-38-24)17-7-5-16(2)6-8-17/h4-12,14,26H,1,13,15H2,2-3H3,(H,30,34). The molecule has 0 aliphatic rings. The predicted octanol–water partition coefficient (Wildman–Crippen LogP) is 6.29. The number of allylic oxidation sites excluding steroid dienone is 1. The van der Waals surface area contributed by atoms with Crippen LogP contribution in [0.2, 0.25) is 0 Å². The van der Waals surface area contributed by atoms with E-state index in [1.54, 1.807) is 22.8 Å². The van der Waals surface area contributed by atoms with Gasteiger partial charge in [0.1, 0.15) is 16.3 Å². The molecule has 1 amide bonds. The minimum atomic E-state index is -2.92. The molecule has 0 saturated carbocycles. The second-order valence-electron chi connectivity index (χ2n) is 8.16. The number of anilines is 1. The van der Waals surface area contributed by atoms with E-state index >= 15 is 0 Å². The number of nitrogens with zero attached hydrogens (tertiary/aromatic N) is 3. The van der Waals surface area contributed by atoms with Crippen molar-refractivity contribution < 1.29 is 27.8 Å². The first-order valence-corrected chi connectivity index (χ1v) is 13.5. The molecule has 8 nitrogen and oxygen atoms in total. The number of nitrogens with one attached hydrogen (secondary N) is 1. The summed E-state index contributed by atoms with van der Waals surface area (Å²) in [6.45, 7) is 3.18. The fourth-order valence-electron chi connectivity index (χ4n) is 3.68. The van der Waals surface area contributed by atoms with Crippen LogP contribution >= 0.6 is 23.1 Å². The lowest BCUT2D eigenvalue weighted by molar-refractivity contribution is -0.113. The summed E-state index contributed by atoms with van der Waals surface area (Å²) in [5.74, 6) is -0.383. The number of thioether (sulfide) groups is 1. The number of aryl methyl sites for hydroxylation is 1. The number of aromatic nitrogens is 3. The summed E-state index contributed by atoms with van der Waals surface area (Å²) in [7, 11) is 1.30. The summed E-state index contributed by atoms with van der Waals surface area (Å²) in [5.41, 5.74) is 3.53. The molecule has 2 heterocycles. The van der Waals surface area contributed by atoms with Crippen LogP contribution in [-0.2, 0) is 16.1 Å². The van der Waals surface area contributed by atoms with Crippen molar-refractivity contribution in [1.82, 2.24) is 14.8 Å². The van der Waals surface area contributed by atoms with E-state index in [0.29, 0.717) is 39.2 Å². The van der Waals surface area contributed by atoms with Gasteiger partial charge in [-0.15, -0.1) is 28.1 Å². The van der Waals surface area contributed by atoms with Gasteiger partial charge in [0.2, 0.25) is 5.91 Å². The van der Waals surface area contributed by atoms with Crippen molar-refractivity contribution in [2.75, 3.05) is 18.2 Å². The lowest BCUT2D eigenvalue weighted by atomic mass is 10.0. The van der Waals surface area contributed by atoms with E-state index in [-0.39, 0.29) is 17.4 Å². The monoisotopic (exact) mass is 570 g/mol. The largest absolute Gasteiger partial charge is 0.465 e. The Bertz CT molecular complexity index is 1470. The van der Waals surface area contributed by atoms with Crippen molar-refractivity contribution >= 4 is 40.0 Å². The Kier molecular flexibility index (Phi) is 9.10. The average Bonchev–Trinajstić information content (AvgIpc) is 3.52. The van der Waals surface area contributed by atoms with Gasteiger partial charge in [-0.3, -0.25) is 9.36 Å². The van der Waals surface area contributed by atoms with Crippen LogP contribution in [0.5, 0.6) is 5.75 Å². The zero-order valence-corrected chi connectivity index (χ0v) is 22.7. The van der Waals surface area contributed by atoms with Crippen LogP contribution < -0.4 is 10.1 Å². The zero-order valence-electron chi connectivity index (χ0n) is 21.0. The number of methoxy groups -OCH3 is 1. The molecule has 0 fully saturated rings. The molecule has 12 heteroatoms. The lowest BCUT2D eigenvalue weighted by Gasteiger charge is -2.10. The number of esters is 1. The van der Waals surface area contributed by atoms with E-state index in [2.05, 4.69) is 26.8 Å². The van der Waals surface area contributed by atoms with Crippen molar-refractivity contribution in [3.63, 3.8) is 0 Å². The molecule has 202 valence electrons. The third-order valence-corrected chi connectivity index (χ3v) is 7.36. The molecule has 0 atom stereocenters. The molecule has 4 aromatic rings. The molecule has 0 aliphatic carbocycles. The Hall–Kier alpha value is -4.03. The molecule has 0 aliphatic heterocycles. The van der Waals surface area contributed by atoms with Crippen LogP contribution in [0.4, 0.5) is 13.8 Å². The third kappa shape index (κ3) is 6.70. The summed E-state index contributed by atoms with van der Waals surface area (Å²) < 4.78 is 36.0. The Morgan fingerprint density at radius 3 is 2.46 bits per heavy atom. The highest BCUT2D eigenvalue weighted by Crippen LogP contribution is 2.36. The summed E-state index contributed by atoms with van der Waals surface area (Å²) in [4.78, 5) is 25.5. The van der Waals surface area contributed by atoms with E-state index in [4.69, 9.17) is 4.74 Å². The molecule has 0 unspecified atom stereocenters. The highest BCUT2D eigenvalue weighted by Gasteiger charge is 2.23. The van der Waals surface area contributed by atoms with Gasteiger partial charge in [0, 0.05) is 23.1 Å². The molecular weight excluding hydrogens is 546 g/mol. The van der Waals surface area contributed by atoms with Crippen molar-refractivity contribution in [2.24, 2.45) is 0 Å². The van der Waals surface area contributed by atoms with Gasteiger partial charge in [-0.25, -0.2) is 4.79 Å². The summed E-state index contributed by atoms with van der Waals surface area (Å²) in [5, 5.41) is 13.9. The maximum Gasteiger partial charge on any atom is 0.387 e. The maximum atomic E-state index is 12.9. The van der Waals surface area contributed by atoms with Crippen molar-refractivity contribution in [1.29, 1.82) is 0 Å². The van der Waals surface area contributed by atoms with Crippen LogP contribution in [0.3, 0.4) is 0 Å². The Labute approximate surface area is 231 Å². The van der Waals surface area contributed by atoms with Gasteiger partial charge in [-0.2, -0.15) is 8.78 Å². The van der Waals surface area contributed by atoms with Gasteiger partial charge in [0.25, 0.3) is 0 Å². The average molecular weight is 571 g/mol. The smallest absolute Gasteiger partial charge is 0.387 e. The van der Waals surface area contributed by atoms with E-state index in [1.165, 1.54) is 30.6 Å². The van der Waals surface area contributed by atoms with Crippen LogP contribution in [0, 0.1) is 6.92 Å². The number of ether oxygens (including phenoxy) is 2. The summed E-state index contributed by atoms with van der Waals surface area (Å²) >= 11 is 2.40. The minimum absolute atomic E-state index is 0.00514. The van der Waals surface area contributed by atoms with Crippen LogP contribution in [0.1, 0.15) is 15.9 Å². The zero-order chi connectivity index (χ0) is 27.9. The number of hydrogen-bond acceptors (Lipinski definition) is 8. The number of amides is 1. The molecule has 1 N–H and O–H groups in total. The number of halogens is 2. The number of hydrogen-bond donors (Lipinski definition) is 1. The van der Waals surface area contributed by atoms with Gasteiger partial charge in [0.15, 0.2) is 11.0 Å². The Morgan fingerprint density at radius 2 is 1.82 bits per heavy atom. The Balaban J connectivity index is 1.49. The number of carbonyl (C=O) groups is 2. The fraction of sp³-hybridized carbons (Fsp3) is 0.185. The molecule has 2 aromatic heterocycles. The molecular formula is C27H24F2N4O4S2. The predicted molar refractivity (Wildman–Crippen MR) is 147 cm³/mol. The maximum absolute atomic E-state index is 12.9. The van der Waals surface area contributed by atoms with E-state index < -0.39 is 12.6 Å². The summed E-state index contributed by atoms with van der Waals surface area (Å²) in [6.07, 6.45) is 1.66. The minimum Gasteiger partial charge on any atom is -0.465 e. The SMILES string of the molecule is C=CCn1c(SCC(=O)Nc2scc(-c3ccc(C)cc3)c2C(=O)OC)nnc1-c1ccc(OC(F)F)cc1. The number of rotatable bonds is 11. The van der Waals surface area contributed by atoms with Gasteiger partial charge in [-0.1, -0.05) is 47.7 Å². The summed E-state index contributed by atoms with van der Waals surface area (Å²) in [6, 6.07) is 13.7. The number of thiophene rings is 1. The lowest BCUT2D eigenvalue weighted by Crippen LogP contribution is -2.16. The van der Waals surface area contributed by atoms with Crippen molar-refractivity contribution in [2.45, 2.75) is 25.2 Å². The first kappa shape index (κ1) is 28.0. The van der Waals surface area contributed by atoms with Gasteiger partial charge >= 0.3 is 12.6 Å². The number of carbonyl (C=O) groups excluding carboxylic acids is 2. The molecule has 0 saturated heterocycles. The highest BCUT2D eigenvalue weighted by molar-refractivity contribution is 7.99. The first-order chi connectivity index (χ1) is 18.8. The van der Waals surface area contributed by atoms with E-state index in [9.17, 15) is 18.4 Å². The van der Waals surface area contributed by atoms with Gasteiger partial charge in [-0.05, 0) is 36.8 Å². The van der Waals surface area contributed by atoms with Crippen molar-refractivity contribution in [3.8, 4) is 28.3 Å². The van der Waals surface area contributed by atoms with E-state index in [0.717, 1.165) is 22.9 Å². The Morgan fingerprint density at radius 1 is 1.13 bits per heavy atom. The number of alkyl halides is 2. The topological polar surface area (TPSA) is 95.3 Å². The molecule has 0 bridgehead atoms. The highest BCUT2D eigenvalue weighted by atomic mass is 32.2. The second-order valence-corrected chi connectivity index (χ2v) is 9.98. The fourth-order valence-corrected chi connectivity index (χ4v) is 5.40. The number of benzene rings is 2. The quantitative estimate of drug-likeness (QED) is 0.129. The molecule has 0 spiro atoms. The molecule has 0 radical (unpaired) electrons. The van der Waals surface area contributed by atoms with Crippen LogP contribution in [-0.4, -0.2) is 46.1 Å². The van der Waals surface area contributed by atoms with Crippen molar-refractivity contribution in [3.05, 3.63) is 77.7 Å². The molecule has 4 rings (SSSR count). The van der Waals surface area contributed by atoms with Gasteiger partial charge < -0.3 is 14.8 Å². The normalized spacial score (nSPS) is 10.9. The van der Waals surface area contributed by atoms with Crippen LogP contribution in [0.15, 0.2) is 71.7 Å². The first-order valence-electron chi connectivity index (χ1n) is 11.6.